The molecule has 2 rings (SSSR count). The SMILES string of the molecule is CCNCc1ccc(Sc2ccncn2)nc1. The molecule has 1 N–H and O–H groups in total. The van der Waals surface area contributed by atoms with E-state index in [4.69, 9.17) is 0 Å². The molecule has 0 spiro atoms. The van der Waals surface area contributed by atoms with Crippen molar-refractivity contribution in [3.8, 4) is 0 Å². The maximum atomic E-state index is 4.39. The average Bonchev–Trinajstić information content (AvgIpc) is 2.39. The molecule has 2 aromatic heterocycles. The summed E-state index contributed by atoms with van der Waals surface area (Å²) in [5.74, 6) is 0. The van der Waals surface area contributed by atoms with Crippen LogP contribution in [-0.2, 0) is 6.54 Å². The maximum Gasteiger partial charge on any atom is 0.116 e. The number of aromatic nitrogens is 3. The second kappa shape index (κ2) is 6.32. The molecular weight excluding hydrogens is 232 g/mol. The van der Waals surface area contributed by atoms with Crippen molar-refractivity contribution < 1.29 is 0 Å². The fourth-order valence-electron chi connectivity index (χ4n) is 1.29. The van der Waals surface area contributed by atoms with E-state index in [1.807, 2.05) is 18.3 Å². The maximum absolute atomic E-state index is 4.39. The molecule has 0 unspecified atom stereocenters. The average molecular weight is 246 g/mol. The molecule has 0 saturated carbocycles. The lowest BCUT2D eigenvalue weighted by Gasteiger charge is -2.03. The number of pyridine rings is 1. The van der Waals surface area contributed by atoms with E-state index in [9.17, 15) is 0 Å². The first-order valence-electron chi connectivity index (χ1n) is 5.48. The summed E-state index contributed by atoms with van der Waals surface area (Å²) in [6, 6.07) is 5.97. The van der Waals surface area contributed by atoms with Crippen molar-refractivity contribution in [2.45, 2.75) is 23.5 Å². The molecule has 2 heterocycles. The van der Waals surface area contributed by atoms with Gasteiger partial charge in [0.05, 0.1) is 0 Å². The van der Waals surface area contributed by atoms with Crippen LogP contribution in [0, 0.1) is 0 Å². The smallest absolute Gasteiger partial charge is 0.116 e. The van der Waals surface area contributed by atoms with Crippen molar-refractivity contribution in [2.24, 2.45) is 0 Å². The Morgan fingerprint density at radius 2 is 2.06 bits per heavy atom. The fourth-order valence-corrected chi connectivity index (χ4v) is 1.98. The third-order valence-corrected chi connectivity index (χ3v) is 3.04. The Balaban J connectivity index is 1.98. The van der Waals surface area contributed by atoms with Gasteiger partial charge >= 0.3 is 0 Å². The molecule has 0 aliphatic heterocycles. The van der Waals surface area contributed by atoms with Crippen LogP contribution in [0.1, 0.15) is 12.5 Å². The lowest BCUT2D eigenvalue weighted by atomic mass is 10.3. The molecule has 88 valence electrons. The van der Waals surface area contributed by atoms with Crippen LogP contribution in [0.5, 0.6) is 0 Å². The Bertz CT molecular complexity index is 444. The summed E-state index contributed by atoms with van der Waals surface area (Å²) in [7, 11) is 0. The second-order valence-corrected chi connectivity index (χ2v) is 4.48. The molecule has 0 bridgehead atoms. The first kappa shape index (κ1) is 12.0. The lowest BCUT2D eigenvalue weighted by molar-refractivity contribution is 0.723. The van der Waals surface area contributed by atoms with Gasteiger partial charge in [0, 0.05) is 18.9 Å². The summed E-state index contributed by atoms with van der Waals surface area (Å²) in [5.41, 5.74) is 1.19. The molecule has 0 saturated heterocycles. The van der Waals surface area contributed by atoms with Gasteiger partial charge in [0.25, 0.3) is 0 Å². The lowest BCUT2D eigenvalue weighted by Crippen LogP contribution is -2.11. The number of nitrogens with one attached hydrogen (secondary N) is 1. The van der Waals surface area contributed by atoms with E-state index in [2.05, 4.69) is 33.3 Å². The van der Waals surface area contributed by atoms with Gasteiger partial charge in [-0.15, -0.1) is 0 Å². The number of rotatable bonds is 5. The van der Waals surface area contributed by atoms with Gasteiger partial charge in [0.15, 0.2) is 0 Å². The molecule has 4 nitrogen and oxygen atoms in total. The molecule has 0 amide bonds. The standard InChI is InChI=1S/C12H14N4S/c1-2-13-7-10-3-4-11(15-8-10)17-12-5-6-14-9-16-12/h3-6,8-9,13H,2,7H2,1H3. The van der Waals surface area contributed by atoms with Crippen LogP contribution in [0.2, 0.25) is 0 Å². The van der Waals surface area contributed by atoms with Crippen LogP contribution in [0.25, 0.3) is 0 Å². The van der Waals surface area contributed by atoms with Gasteiger partial charge in [-0.2, -0.15) is 0 Å². The van der Waals surface area contributed by atoms with Crippen LogP contribution < -0.4 is 5.32 Å². The quantitative estimate of drug-likeness (QED) is 0.819. The van der Waals surface area contributed by atoms with E-state index in [0.29, 0.717) is 0 Å². The van der Waals surface area contributed by atoms with Crippen LogP contribution in [-0.4, -0.2) is 21.5 Å². The normalized spacial score (nSPS) is 10.4. The highest BCUT2D eigenvalue weighted by Crippen LogP contribution is 2.22. The van der Waals surface area contributed by atoms with Gasteiger partial charge in [-0.05, 0) is 36.0 Å². The molecule has 0 atom stereocenters. The molecule has 2 aromatic rings. The predicted molar refractivity (Wildman–Crippen MR) is 67.8 cm³/mol. The van der Waals surface area contributed by atoms with Gasteiger partial charge in [0.1, 0.15) is 16.4 Å². The summed E-state index contributed by atoms with van der Waals surface area (Å²) >= 11 is 1.54. The zero-order chi connectivity index (χ0) is 11.9. The molecule has 0 fully saturated rings. The van der Waals surface area contributed by atoms with E-state index >= 15 is 0 Å². The minimum absolute atomic E-state index is 0.863. The van der Waals surface area contributed by atoms with E-state index in [0.717, 1.165) is 23.1 Å². The molecule has 0 aliphatic rings. The fraction of sp³-hybridized carbons (Fsp3) is 0.250. The zero-order valence-electron chi connectivity index (χ0n) is 9.63. The highest BCUT2D eigenvalue weighted by molar-refractivity contribution is 7.99. The minimum Gasteiger partial charge on any atom is -0.313 e. The molecule has 0 aromatic carbocycles. The van der Waals surface area contributed by atoms with Crippen LogP contribution in [0.3, 0.4) is 0 Å². The zero-order valence-corrected chi connectivity index (χ0v) is 10.4. The van der Waals surface area contributed by atoms with E-state index in [-0.39, 0.29) is 0 Å². The van der Waals surface area contributed by atoms with Crippen molar-refractivity contribution in [1.82, 2.24) is 20.3 Å². The highest BCUT2D eigenvalue weighted by atomic mass is 32.2. The topological polar surface area (TPSA) is 50.7 Å². The van der Waals surface area contributed by atoms with Gasteiger partial charge in [-0.1, -0.05) is 13.0 Å². The molecule has 17 heavy (non-hydrogen) atoms. The Labute approximate surface area is 105 Å². The van der Waals surface area contributed by atoms with E-state index in [1.165, 1.54) is 17.3 Å². The van der Waals surface area contributed by atoms with Gasteiger partial charge in [-0.3, -0.25) is 0 Å². The molecule has 0 aliphatic carbocycles. The van der Waals surface area contributed by atoms with Crippen molar-refractivity contribution in [1.29, 1.82) is 0 Å². The van der Waals surface area contributed by atoms with Gasteiger partial charge < -0.3 is 5.32 Å². The number of hydrogen-bond acceptors (Lipinski definition) is 5. The van der Waals surface area contributed by atoms with Crippen LogP contribution in [0.4, 0.5) is 0 Å². The number of nitrogens with zero attached hydrogens (tertiary/aromatic N) is 3. The summed E-state index contributed by atoms with van der Waals surface area (Å²) in [4.78, 5) is 12.4. The Kier molecular flexibility index (Phi) is 4.46. The first-order valence-corrected chi connectivity index (χ1v) is 6.29. The van der Waals surface area contributed by atoms with Crippen molar-refractivity contribution in [3.63, 3.8) is 0 Å². The summed E-state index contributed by atoms with van der Waals surface area (Å²) < 4.78 is 0. The van der Waals surface area contributed by atoms with Gasteiger partial charge in [0.2, 0.25) is 0 Å². The molecule has 0 radical (unpaired) electrons. The number of hydrogen-bond donors (Lipinski definition) is 1. The third-order valence-electron chi connectivity index (χ3n) is 2.14. The Morgan fingerprint density at radius 3 is 2.71 bits per heavy atom. The monoisotopic (exact) mass is 246 g/mol. The highest BCUT2D eigenvalue weighted by Gasteiger charge is 1.99. The van der Waals surface area contributed by atoms with Crippen LogP contribution in [0.15, 0.2) is 47.0 Å². The largest absolute Gasteiger partial charge is 0.313 e. The van der Waals surface area contributed by atoms with E-state index < -0.39 is 0 Å². The third kappa shape index (κ3) is 3.80. The molecular formula is C12H14N4S. The predicted octanol–water partition coefficient (Wildman–Crippen LogP) is 2.13. The van der Waals surface area contributed by atoms with Gasteiger partial charge in [-0.25, -0.2) is 15.0 Å². The van der Waals surface area contributed by atoms with Crippen LogP contribution >= 0.6 is 11.8 Å². The Morgan fingerprint density at radius 1 is 1.18 bits per heavy atom. The Hall–Kier alpha value is -1.46. The summed E-state index contributed by atoms with van der Waals surface area (Å²) in [5, 5.41) is 5.12. The first-order chi connectivity index (χ1) is 8.38. The van der Waals surface area contributed by atoms with E-state index in [1.54, 1.807) is 12.5 Å². The second-order valence-electron chi connectivity index (χ2n) is 3.43. The van der Waals surface area contributed by atoms with Crippen molar-refractivity contribution >= 4 is 11.8 Å². The minimum atomic E-state index is 0.863. The summed E-state index contributed by atoms with van der Waals surface area (Å²) in [6.45, 7) is 3.92. The molecule has 5 heteroatoms. The summed E-state index contributed by atoms with van der Waals surface area (Å²) in [6.07, 6.45) is 5.17. The van der Waals surface area contributed by atoms with Crippen molar-refractivity contribution in [2.75, 3.05) is 6.54 Å². The van der Waals surface area contributed by atoms with Crippen molar-refractivity contribution in [3.05, 3.63) is 42.5 Å².